The van der Waals surface area contributed by atoms with Crippen molar-refractivity contribution in [2.75, 3.05) is 6.54 Å². The fourth-order valence-corrected chi connectivity index (χ4v) is 3.80. The lowest BCUT2D eigenvalue weighted by Crippen LogP contribution is -2.35. The maximum atomic E-state index is 12.6. The van der Waals surface area contributed by atoms with Gasteiger partial charge in [0.25, 0.3) is 5.56 Å². The van der Waals surface area contributed by atoms with Gasteiger partial charge in [-0.25, -0.2) is 9.97 Å². The topological polar surface area (TPSA) is 71.1 Å². The lowest BCUT2D eigenvalue weighted by molar-refractivity contribution is 0.238. The van der Waals surface area contributed by atoms with Crippen LogP contribution in [0.15, 0.2) is 47.4 Å². The fourth-order valence-electron chi connectivity index (χ4n) is 3.68. The van der Waals surface area contributed by atoms with Crippen molar-refractivity contribution >= 4 is 11.6 Å². The van der Waals surface area contributed by atoms with Crippen LogP contribution >= 0.6 is 11.6 Å². The molecule has 29 heavy (non-hydrogen) atoms. The highest BCUT2D eigenvalue weighted by Gasteiger charge is 2.29. The van der Waals surface area contributed by atoms with Crippen molar-refractivity contribution in [2.24, 2.45) is 0 Å². The van der Waals surface area contributed by atoms with E-state index in [1.807, 2.05) is 24.3 Å². The van der Waals surface area contributed by atoms with Gasteiger partial charge < -0.3 is 9.72 Å². The third-order valence-corrected chi connectivity index (χ3v) is 5.65. The molecule has 3 heterocycles. The van der Waals surface area contributed by atoms with Crippen LogP contribution in [-0.2, 0) is 19.5 Å². The zero-order valence-electron chi connectivity index (χ0n) is 15.9. The first-order chi connectivity index (χ1) is 14.2. The molecule has 2 aromatic heterocycles. The molecule has 3 aromatic rings. The molecule has 0 unspecified atom stereocenters. The molecule has 1 N–H and O–H groups in total. The molecular formula is C22H21ClN4O2. The number of halogens is 1. The Hall–Kier alpha value is -2.70. The maximum absolute atomic E-state index is 12.6. The highest BCUT2D eigenvalue weighted by atomic mass is 35.5. The number of rotatable bonds is 5. The van der Waals surface area contributed by atoms with Gasteiger partial charge >= 0.3 is 0 Å². The molecule has 1 fully saturated rings. The Bertz CT molecular complexity index is 1090. The number of aromatic amines is 1. The summed E-state index contributed by atoms with van der Waals surface area (Å²) in [6.07, 6.45) is 4.76. The number of hydrogen-bond donors (Lipinski definition) is 1. The maximum Gasteiger partial charge on any atom is 0.255 e. The summed E-state index contributed by atoms with van der Waals surface area (Å²) in [5.74, 6) is 2.57. The minimum atomic E-state index is 0.00502. The fraction of sp³-hybridized carbons (Fsp3) is 0.318. The standard InChI is InChI=1S/C22H21ClN4O2/c23-16-5-7-17(8-6-16)29-22-15(2-1-10-24-22)12-27-11-9-19-18(13-27)21(28)26-20(25-19)14-3-4-14/h1-2,5-8,10,14H,3-4,9,11-13H2,(H,25,26,28). The predicted molar refractivity (Wildman–Crippen MR) is 110 cm³/mol. The molecular weight excluding hydrogens is 388 g/mol. The third-order valence-electron chi connectivity index (χ3n) is 5.40. The van der Waals surface area contributed by atoms with E-state index < -0.39 is 0 Å². The molecule has 2 aliphatic rings. The Morgan fingerprint density at radius 3 is 2.83 bits per heavy atom. The molecule has 0 amide bonds. The molecule has 1 saturated carbocycles. The summed E-state index contributed by atoms with van der Waals surface area (Å²) in [5, 5.41) is 0.661. The molecule has 0 saturated heterocycles. The summed E-state index contributed by atoms with van der Waals surface area (Å²) in [6, 6.07) is 11.1. The molecule has 1 aromatic carbocycles. The van der Waals surface area contributed by atoms with Crippen LogP contribution in [0.3, 0.4) is 0 Å². The predicted octanol–water partition coefficient (Wildman–Crippen LogP) is 4.05. The number of H-pyrrole nitrogens is 1. The molecule has 7 heteroatoms. The molecule has 148 valence electrons. The Morgan fingerprint density at radius 2 is 2.03 bits per heavy atom. The van der Waals surface area contributed by atoms with Crippen molar-refractivity contribution in [1.82, 2.24) is 19.9 Å². The highest BCUT2D eigenvalue weighted by molar-refractivity contribution is 6.30. The number of benzene rings is 1. The third kappa shape index (κ3) is 4.04. The lowest BCUT2D eigenvalue weighted by Gasteiger charge is -2.28. The molecule has 0 spiro atoms. The second-order valence-corrected chi connectivity index (χ2v) is 8.07. The quantitative estimate of drug-likeness (QED) is 0.689. The van der Waals surface area contributed by atoms with E-state index >= 15 is 0 Å². The van der Waals surface area contributed by atoms with Crippen LogP contribution in [0, 0.1) is 0 Å². The second kappa shape index (κ2) is 7.61. The van der Waals surface area contributed by atoms with Gasteiger partial charge in [0, 0.05) is 48.8 Å². The normalized spacial score (nSPS) is 16.4. The van der Waals surface area contributed by atoms with Gasteiger partial charge in [-0.3, -0.25) is 9.69 Å². The van der Waals surface area contributed by atoms with E-state index in [4.69, 9.17) is 21.3 Å². The molecule has 0 atom stereocenters. The summed E-state index contributed by atoms with van der Waals surface area (Å²) in [4.78, 5) is 26.9. The van der Waals surface area contributed by atoms with Gasteiger partial charge in [-0.05, 0) is 43.2 Å². The van der Waals surface area contributed by atoms with Crippen LogP contribution in [0.4, 0.5) is 0 Å². The number of ether oxygens (including phenoxy) is 1. The number of pyridine rings is 1. The van der Waals surface area contributed by atoms with E-state index in [2.05, 4.69) is 14.9 Å². The first-order valence-electron chi connectivity index (χ1n) is 9.87. The van der Waals surface area contributed by atoms with Crippen LogP contribution in [0.2, 0.25) is 5.02 Å². The van der Waals surface area contributed by atoms with Crippen molar-refractivity contribution in [3.05, 3.63) is 80.6 Å². The van der Waals surface area contributed by atoms with Crippen LogP contribution < -0.4 is 10.3 Å². The largest absolute Gasteiger partial charge is 0.439 e. The smallest absolute Gasteiger partial charge is 0.255 e. The van der Waals surface area contributed by atoms with Gasteiger partial charge in [0.15, 0.2) is 0 Å². The van der Waals surface area contributed by atoms with E-state index in [1.54, 1.807) is 18.3 Å². The first-order valence-corrected chi connectivity index (χ1v) is 10.2. The Labute approximate surface area is 173 Å². The second-order valence-electron chi connectivity index (χ2n) is 7.64. The molecule has 0 radical (unpaired) electrons. The van der Waals surface area contributed by atoms with Gasteiger partial charge in [-0.15, -0.1) is 0 Å². The molecule has 1 aliphatic carbocycles. The number of aromatic nitrogens is 3. The van der Waals surface area contributed by atoms with Gasteiger partial charge in [-0.2, -0.15) is 0 Å². The average molecular weight is 409 g/mol. The van der Waals surface area contributed by atoms with Gasteiger partial charge in [0.2, 0.25) is 5.88 Å². The first kappa shape index (κ1) is 18.3. The Balaban J connectivity index is 1.34. The van der Waals surface area contributed by atoms with E-state index in [1.165, 1.54) is 0 Å². The lowest BCUT2D eigenvalue weighted by atomic mass is 10.1. The van der Waals surface area contributed by atoms with Crippen molar-refractivity contribution in [1.29, 1.82) is 0 Å². The molecule has 0 bridgehead atoms. The van der Waals surface area contributed by atoms with Crippen LogP contribution in [0.5, 0.6) is 11.6 Å². The van der Waals surface area contributed by atoms with Crippen LogP contribution in [0.25, 0.3) is 0 Å². The van der Waals surface area contributed by atoms with E-state index in [0.717, 1.165) is 48.5 Å². The zero-order valence-corrected chi connectivity index (χ0v) is 16.7. The summed E-state index contributed by atoms with van der Waals surface area (Å²) in [5.41, 5.74) is 2.72. The Morgan fingerprint density at radius 1 is 1.21 bits per heavy atom. The van der Waals surface area contributed by atoms with Crippen molar-refractivity contribution in [2.45, 2.75) is 38.3 Å². The monoisotopic (exact) mass is 408 g/mol. The molecule has 1 aliphatic heterocycles. The van der Waals surface area contributed by atoms with E-state index in [-0.39, 0.29) is 5.56 Å². The van der Waals surface area contributed by atoms with Gasteiger partial charge in [0.1, 0.15) is 11.6 Å². The Kier molecular flexibility index (Phi) is 4.81. The molecule has 6 nitrogen and oxygen atoms in total. The highest BCUT2D eigenvalue weighted by Crippen LogP contribution is 2.38. The van der Waals surface area contributed by atoms with Crippen LogP contribution in [-0.4, -0.2) is 26.4 Å². The zero-order chi connectivity index (χ0) is 19.8. The van der Waals surface area contributed by atoms with Crippen molar-refractivity contribution < 1.29 is 4.74 Å². The number of fused-ring (bicyclic) bond motifs is 1. The minimum absolute atomic E-state index is 0.00502. The number of nitrogens with zero attached hydrogens (tertiary/aromatic N) is 3. The van der Waals surface area contributed by atoms with Crippen LogP contribution in [0.1, 0.15) is 41.4 Å². The molecule has 5 rings (SSSR count). The SMILES string of the molecule is O=c1[nH]c(C2CC2)nc2c1CN(Cc1cccnc1Oc1ccc(Cl)cc1)CC2. The summed E-state index contributed by atoms with van der Waals surface area (Å²) >= 11 is 5.95. The van der Waals surface area contributed by atoms with Gasteiger partial charge in [0.05, 0.1) is 11.3 Å². The average Bonchev–Trinajstić information content (AvgIpc) is 3.57. The number of nitrogens with one attached hydrogen (secondary N) is 1. The van der Waals surface area contributed by atoms with Gasteiger partial charge in [-0.1, -0.05) is 17.7 Å². The summed E-state index contributed by atoms with van der Waals surface area (Å²) < 4.78 is 5.97. The van der Waals surface area contributed by atoms with Crippen molar-refractivity contribution in [3.8, 4) is 11.6 Å². The number of hydrogen-bond acceptors (Lipinski definition) is 5. The summed E-state index contributed by atoms with van der Waals surface area (Å²) in [7, 11) is 0. The van der Waals surface area contributed by atoms with Crippen molar-refractivity contribution in [3.63, 3.8) is 0 Å². The van der Waals surface area contributed by atoms with E-state index in [9.17, 15) is 4.79 Å². The minimum Gasteiger partial charge on any atom is -0.439 e. The summed E-state index contributed by atoms with van der Waals surface area (Å²) in [6.45, 7) is 2.08. The van der Waals surface area contributed by atoms with E-state index in [0.29, 0.717) is 35.7 Å².